The molecule has 0 aromatic heterocycles. The Kier molecular flexibility index (Phi) is 10.4. The van der Waals surface area contributed by atoms with Crippen LogP contribution in [0.1, 0.15) is 0 Å². The van der Waals surface area contributed by atoms with Crippen molar-refractivity contribution in [3.63, 3.8) is 0 Å². The Morgan fingerprint density at radius 1 is 0.208 bits per heavy atom. The summed E-state index contributed by atoms with van der Waals surface area (Å²) < 4.78 is 411. The molecule has 0 saturated heterocycles. The summed E-state index contributed by atoms with van der Waals surface area (Å²) in [5.74, 6) is -114. The van der Waals surface area contributed by atoms with Gasteiger partial charge in [-0.25, -0.2) is 4.39 Å². The average molecular weight is 800 g/mol. The quantitative estimate of drug-likeness (QED) is 0.184. The summed E-state index contributed by atoms with van der Waals surface area (Å²) in [7, 11) is 0. The summed E-state index contributed by atoms with van der Waals surface area (Å²) in [5, 5.41) is 8.21. The van der Waals surface area contributed by atoms with E-state index in [4.69, 9.17) is 5.11 Å². The highest BCUT2D eigenvalue weighted by Crippen LogP contribution is 2.69. The number of aliphatic hydroxyl groups is 1. The van der Waals surface area contributed by atoms with Gasteiger partial charge in [-0.05, 0) is 0 Å². The van der Waals surface area contributed by atoms with Gasteiger partial charge in [-0.1, -0.05) is 0 Å². The predicted molar refractivity (Wildman–Crippen MR) is 82.4 cm³/mol. The predicted octanol–water partition coefficient (Wildman–Crippen LogP) is 9.44. The summed E-state index contributed by atoms with van der Waals surface area (Å²) >= 11 is 0. The van der Waals surface area contributed by atoms with Gasteiger partial charge in [0.1, 0.15) is 0 Å². The SMILES string of the molecule is OCC(F)(C(F)(F)C(F)(F)C(F)(F)C(F)(F)C(F)(F)C(F)(F)F)C(F)(F)C(F)(F)C(F)(F)C(F)(F)C(F)(F)C(F)(F)C(F)(F)C(F)(F)F. The number of aliphatic hydroxyl groups excluding tert-OH is 1. The van der Waals surface area contributed by atoms with E-state index >= 15 is 0 Å². The van der Waals surface area contributed by atoms with Gasteiger partial charge < -0.3 is 5.11 Å². The Morgan fingerprint density at radius 2 is 0.333 bits per heavy atom. The summed E-state index contributed by atoms with van der Waals surface area (Å²) in [6, 6.07) is 0. The molecule has 0 radical (unpaired) electrons. The first-order chi connectivity index (χ1) is 20.1. The summed E-state index contributed by atoms with van der Waals surface area (Å²) in [5.41, 5.74) is -8.99. The fourth-order valence-corrected chi connectivity index (χ4v) is 2.83. The molecule has 290 valence electrons. The molecule has 0 aliphatic carbocycles. The van der Waals surface area contributed by atoms with Crippen LogP contribution in [0.5, 0.6) is 0 Å². The third-order valence-corrected chi connectivity index (χ3v) is 5.87. The molecule has 1 N–H and O–H groups in total. The molecule has 0 aliphatic heterocycles. The maximum atomic E-state index is 14.4. The molecule has 0 aromatic carbocycles. The number of alkyl halides is 31. The van der Waals surface area contributed by atoms with Gasteiger partial charge in [0.2, 0.25) is 0 Å². The van der Waals surface area contributed by atoms with Crippen molar-refractivity contribution in [1.82, 2.24) is 0 Å². The van der Waals surface area contributed by atoms with Crippen LogP contribution in [-0.4, -0.2) is 101 Å². The Balaban J connectivity index is 7.79. The van der Waals surface area contributed by atoms with Crippen molar-refractivity contribution >= 4 is 0 Å². The minimum atomic E-state index is -9.88. The standard InChI is InChI=1S/C16H3F31O/c17-2(1-48,4(20,21)6(24,25)8(28,29)11(34,35)13(38,39)15(42,43)44)3(18,19)5(22,23)7(26,27)9(30,31)10(32,33)12(36,37)14(40,41)16(45,46)47/h48H,1H2. The van der Waals surface area contributed by atoms with E-state index in [-0.39, 0.29) is 0 Å². The van der Waals surface area contributed by atoms with Crippen LogP contribution in [0.25, 0.3) is 0 Å². The Labute approximate surface area is 238 Å². The molecule has 0 rings (SSSR count). The molecule has 32 heteroatoms. The van der Waals surface area contributed by atoms with Crippen molar-refractivity contribution in [3.8, 4) is 0 Å². The zero-order valence-electron chi connectivity index (χ0n) is 20.4. The molecule has 1 atom stereocenters. The Bertz CT molecular complexity index is 1170. The molecule has 0 bridgehead atoms. The van der Waals surface area contributed by atoms with Crippen molar-refractivity contribution in [2.45, 2.75) is 89.1 Å². The minimum Gasteiger partial charge on any atom is -0.393 e. The zero-order valence-corrected chi connectivity index (χ0v) is 20.4. The third kappa shape index (κ3) is 4.99. The monoisotopic (exact) mass is 800 g/mol. The van der Waals surface area contributed by atoms with E-state index in [0.29, 0.717) is 0 Å². The van der Waals surface area contributed by atoms with Crippen LogP contribution in [0.2, 0.25) is 0 Å². The van der Waals surface area contributed by atoms with Crippen LogP contribution < -0.4 is 0 Å². The first-order valence-corrected chi connectivity index (χ1v) is 10.0. The average Bonchev–Trinajstić information content (AvgIpc) is 2.85. The summed E-state index contributed by atoms with van der Waals surface area (Å²) in [6.07, 6.45) is -16.6. The van der Waals surface area contributed by atoms with Crippen LogP contribution in [0.4, 0.5) is 136 Å². The molecule has 1 unspecified atom stereocenters. The Hall–Kier alpha value is -2.21. The molecule has 0 amide bonds. The largest absolute Gasteiger partial charge is 0.460 e. The smallest absolute Gasteiger partial charge is 0.393 e. The Morgan fingerprint density at radius 3 is 0.458 bits per heavy atom. The second kappa shape index (κ2) is 10.9. The molecule has 48 heavy (non-hydrogen) atoms. The van der Waals surface area contributed by atoms with Crippen molar-refractivity contribution in [2.24, 2.45) is 0 Å². The van der Waals surface area contributed by atoms with Crippen molar-refractivity contribution in [2.75, 3.05) is 6.61 Å². The van der Waals surface area contributed by atoms with Gasteiger partial charge in [-0.15, -0.1) is 0 Å². The van der Waals surface area contributed by atoms with Crippen LogP contribution in [-0.2, 0) is 0 Å². The van der Waals surface area contributed by atoms with E-state index < -0.39 is 95.7 Å². The number of rotatable bonds is 13. The van der Waals surface area contributed by atoms with Gasteiger partial charge in [0.05, 0.1) is 6.61 Å². The lowest BCUT2D eigenvalue weighted by molar-refractivity contribution is -0.480. The molecule has 0 aromatic rings. The number of hydrogen-bond donors (Lipinski definition) is 1. The fourth-order valence-electron chi connectivity index (χ4n) is 2.83. The number of hydrogen-bond acceptors (Lipinski definition) is 1. The van der Waals surface area contributed by atoms with Gasteiger partial charge >= 0.3 is 83.4 Å². The third-order valence-electron chi connectivity index (χ3n) is 5.87. The minimum absolute atomic E-state index is 5.16. The van der Waals surface area contributed by atoms with Gasteiger partial charge in [0.15, 0.2) is 0 Å². The van der Waals surface area contributed by atoms with E-state index in [1.807, 2.05) is 0 Å². The van der Waals surface area contributed by atoms with E-state index in [9.17, 15) is 136 Å². The molecule has 0 saturated carbocycles. The highest BCUT2D eigenvalue weighted by Gasteiger charge is 3.00. The summed E-state index contributed by atoms with van der Waals surface area (Å²) in [4.78, 5) is 0. The molecule has 0 heterocycles. The van der Waals surface area contributed by atoms with Gasteiger partial charge in [-0.2, -0.15) is 132 Å². The fraction of sp³-hybridized carbons (Fsp3) is 1.00. The molecular weight excluding hydrogens is 797 g/mol. The van der Waals surface area contributed by atoms with Gasteiger partial charge in [0.25, 0.3) is 5.67 Å². The highest BCUT2D eigenvalue weighted by molar-refractivity contribution is 5.23. The first kappa shape index (κ1) is 45.8. The van der Waals surface area contributed by atoms with Crippen molar-refractivity contribution in [1.29, 1.82) is 0 Å². The molecular formula is C16H3F31O. The lowest BCUT2D eigenvalue weighted by atomic mass is 9.77. The lowest BCUT2D eigenvalue weighted by Gasteiger charge is -2.48. The van der Waals surface area contributed by atoms with Crippen LogP contribution in [0.3, 0.4) is 0 Å². The van der Waals surface area contributed by atoms with Crippen LogP contribution in [0.15, 0.2) is 0 Å². The van der Waals surface area contributed by atoms with E-state index in [0.717, 1.165) is 0 Å². The maximum absolute atomic E-state index is 14.4. The second-order valence-corrected chi connectivity index (χ2v) is 8.85. The first-order valence-electron chi connectivity index (χ1n) is 10.0. The molecule has 0 spiro atoms. The van der Waals surface area contributed by atoms with Crippen LogP contribution in [0, 0.1) is 0 Å². The summed E-state index contributed by atoms with van der Waals surface area (Å²) in [6.45, 7) is -5.16. The normalized spacial score (nSPS) is 18.2. The molecule has 1 nitrogen and oxygen atoms in total. The molecule has 0 fully saturated rings. The number of halogens is 31. The van der Waals surface area contributed by atoms with Crippen molar-refractivity contribution in [3.05, 3.63) is 0 Å². The van der Waals surface area contributed by atoms with E-state index in [1.54, 1.807) is 0 Å². The van der Waals surface area contributed by atoms with Gasteiger partial charge in [-0.3, -0.25) is 0 Å². The van der Waals surface area contributed by atoms with Gasteiger partial charge in [0, 0.05) is 0 Å². The lowest BCUT2D eigenvalue weighted by Crippen LogP contribution is -2.81. The topological polar surface area (TPSA) is 20.2 Å². The second-order valence-electron chi connectivity index (χ2n) is 8.85. The van der Waals surface area contributed by atoms with E-state index in [1.165, 1.54) is 0 Å². The highest BCUT2D eigenvalue weighted by atomic mass is 19.4. The van der Waals surface area contributed by atoms with Crippen molar-refractivity contribution < 1.29 is 141 Å². The molecule has 0 aliphatic rings. The van der Waals surface area contributed by atoms with E-state index in [2.05, 4.69) is 0 Å². The zero-order chi connectivity index (χ0) is 40.2. The maximum Gasteiger partial charge on any atom is 0.460 e. The van der Waals surface area contributed by atoms with Crippen LogP contribution >= 0.6 is 0 Å².